The van der Waals surface area contributed by atoms with Crippen LogP contribution >= 0.6 is 23.2 Å². The number of nitrogens with one attached hydrogen (secondary N) is 1. The largest absolute Gasteiger partial charge is 0.387 e. The van der Waals surface area contributed by atoms with Crippen LogP contribution in [-0.2, 0) is 6.42 Å². The van der Waals surface area contributed by atoms with Crippen molar-refractivity contribution in [3.63, 3.8) is 0 Å². The third-order valence-electron chi connectivity index (χ3n) is 2.39. The number of rotatable bonds is 3. The van der Waals surface area contributed by atoms with Gasteiger partial charge in [0.2, 0.25) is 0 Å². The third-order valence-corrected chi connectivity index (χ3v) is 3.13. The SMILES string of the molecule is OC(Cc1ccc(Cl)c(Cl)c1)c1ccc[nH]1. The van der Waals surface area contributed by atoms with E-state index in [-0.39, 0.29) is 0 Å². The van der Waals surface area contributed by atoms with Crippen molar-refractivity contribution in [3.8, 4) is 0 Å². The Bertz CT molecular complexity index is 468. The summed E-state index contributed by atoms with van der Waals surface area (Å²) in [5.74, 6) is 0. The van der Waals surface area contributed by atoms with Crippen molar-refractivity contribution < 1.29 is 5.11 Å². The van der Waals surface area contributed by atoms with E-state index in [0.717, 1.165) is 11.3 Å². The highest BCUT2D eigenvalue weighted by Crippen LogP contribution is 2.25. The first kappa shape index (κ1) is 11.5. The van der Waals surface area contributed by atoms with E-state index < -0.39 is 6.10 Å². The van der Waals surface area contributed by atoms with Crippen molar-refractivity contribution >= 4 is 23.2 Å². The fourth-order valence-corrected chi connectivity index (χ4v) is 1.87. The van der Waals surface area contributed by atoms with E-state index in [4.69, 9.17) is 23.2 Å². The molecule has 1 unspecified atom stereocenters. The molecule has 16 heavy (non-hydrogen) atoms. The summed E-state index contributed by atoms with van der Waals surface area (Å²) in [4.78, 5) is 2.97. The number of aromatic amines is 1. The van der Waals surface area contributed by atoms with Gasteiger partial charge in [-0.05, 0) is 29.8 Å². The highest BCUT2D eigenvalue weighted by molar-refractivity contribution is 6.42. The van der Waals surface area contributed by atoms with Gasteiger partial charge >= 0.3 is 0 Å². The molecule has 0 aliphatic carbocycles. The van der Waals surface area contributed by atoms with Crippen LogP contribution in [0.3, 0.4) is 0 Å². The summed E-state index contributed by atoms with van der Waals surface area (Å²) in [5, 5.41) is 11.0. The van der Waals surface area contributed by atoms with Gasteiger partial charge in [0.15, 0.2) is 0 Å². The van der Waals surface area contributed by atoms with Crippen LogP contribution in [0.5, 0.6) is 0 Å². The van der Waals surface area contributed by atoms with Crippen LogP contribution in [0.2, 0.25) is 10.0 Å². The lowest BCUT2D eigenvalue weighted by molar-refractivity contribution is 0.174. The maximum Gasteiger partial charge on any atom is 0.0977 e. The fraction of sp³-hybridized carbons (Fsp3) is 0.167. The highest BCUT2D eigenvalue weighted by atomic mass is 35.5. The van der Waals surface area contributed by atoms with Crippen LogP contribution < -0.4 is 0 Å². The molecule has 1 aromatic heterocycles. The quantitative estimate of drug-likeness (QED) is 0.864. The van der Waals surface area contributed by atoms with E-state index in [1.807, 2.05) is 18.2 Å². The lowest BCUT2D eigenvalue weighted by Crippen LogP contribution is -2.01. The van der Waals surface area contributed by atoms with Crippen LogP contribution in [0.4, 0.5) is 0 Å². The Kier molecular flexibility index (Phi) is 3.54. The van der Waals surface area contributed by atoms with Gasteiger partial charge in [0.05, 0.1) is 16.1 Å². The summed E-state index contributed by atoms with van der Waals surface area (Å²) in [5.41, 5.74) is 1.75. The second kappa shape index (κ2) is 4.91. The van der Waals surface area contributed by atoms with E-state index in [2.05, 4.69) is 4.98 Å². The van der Waals surface area contributed by atoms with E-state index in [9.17, 15) is 5.11 Å². The van der Waals surface area contributed by atoms with Crippen LogP contribution in [0.1, 0.15) is 17.4 Å². The Labute approximate surface area is 104 Å². The van der Waals surface area contributed by atoms with E-state index >= 15 is 0 Å². The average molecular weight is 256 g/mol. The minimum Gasteiger partial charge on any atom is -0.387 e. The van der Waals surface area contributed by atoms with Crippen LogP contribution in [0, 0.1) is 0 Å². The fourth-order valence-electron chi connectivity index (χ4n) is 1.55. The van der Waals surface area contributed by atoms with E-state index in [0.29, 0.717) is 16.5 Å². The number of hydrogen-bond acceptors (Lipinski definition) is 1. The molecule has 0 aliphatic rings. The van der Waals surface area contributed by atoms with Gasteiger partial charge in [-0.15, -0.1) is 0 Å². The first-order chi connectivity index (χ1) is 7.66. The molecule has 0 spiro atoms. The lowest BCUT2D eigenvalue weighted by Gasteiger charge is -2.09. The van der Waals surface area contributed by atoms with Gasteiger partial charge in [-0.1, -0.05) is 29.3 Å². The Morgan fingerprint density at radius 2 is 2.00 bits per heavy atom. The molecule has 0 saturated heterocycles. The maximum atomic E-state index is 9.92. The average Bonchev–Trinajstić information content (AvgIpc) is 2.77. The number of halogens is 2. The predicted molar refractivity (Wildman–Crippen MR) is 65.9 cm³/mol. The number of H-pyrrole nitrogens is 1. The van der Waals surface area contributed by atoms with E-state index in [1.54, 1.807) is 18.3 Å². The Morgan fingerprint density at radius 1 is 1.19 bits per heavy atom. The molecule has 2 N–H and O–H groups in total. The molecule has 4 heteroatoms. The van der Waals surface area contributed by atoms with Crippen molar-refractivity contribution in [2.75, 3.05) is 0 Å². The molecule has 0 radical (unpaired) electrons. The van der Waals surface area contributed by atoms with Crippen LogP contribution in [-0.4, -0.2) is 10.1 Å². The standard InChI is InChI=1S/C12H11Cl2NO/c13-9-4-3-8(6-10(9)14)7-12(16)11-2-1-5-15-11/h1-6,12,15-16H,7H2. The number of hydrogen-bond donors (Lipinski definition) is 2. The number of benzene rings is 1. The molecule has 1 atom stereocenters. The molecule has 0 aliphatic heterocycles. The smallest absolute Gasteiger partial charge is 0.0977 e. The van der Waals surface area contributed by atoms with Crippen molar-refractivity contribution in [1.29, 1.82) is 0 Å². The zero-order valence-electron chi connectivity index (χ0n) is 8.45. The Hall–Kier alpha value is -0.960. The molecule has 0 fully saturated rings. The summed E-state index contributed by atoms with van der Waals surface area (Å²) < 4.78 is 0. The monoisotopic (exact) mass is 255 g/mol. The lowest BCUT2D eigenvalue weighted by atomic mass is 10.1. The molecular weight excluding hydrogens is 245 g/mol. The zero-order valence-corrected chi connectivity index (χ0v) is 9.96. The normalized spacial score (nSPS) is 12.7. The summed E-state index contributed by atoms with van der Waals surface area (Å²) in [6.45, 7) is 0. The second-order valence-electron chi connectivity index (χ2n) is 3.59. The molecule has 2 nitrogen and oxygen atoms in total. The molecule has 1 aromatic carbocycles. The van der Waals surface area contributed by atoms with Gasteiger partial charge in [0.25, 0.3) is 0 Å². The van der Waals surface area contributed by atoms with Crippen molar-refractivity contribution in [1.82, 2.24) is 4.98 Å². The minimum absolute atomic E-state index is 0.511. The van der Waals surface area contributed by atoms with Gasteiger partial charge in [-0.3, -0.25) is 0 Å². The summed E-state index contributed by atoms with van der Waals surface area (Å²) in [7, 11) is 0. The number of aliphatic hydroxyl groups is 1. The minimum atomic E-state index is -0.549. The first-order valence-corrected chi connectivity index (χ1v) is 5.67. The maximum absolute atomic E-state index is 9.92. The van der Waals surface area contributed by atoms with Gasteiger partial charge in [-0.25, -0.2) is 0 Å². The van der Waals surface area contributed by atoms with Crippen LogP contribution in [0.25, 0.3) is 0 Å². The van der Waals surface area contributed by atoms with Gasteiger partial charge < -0.3 is 10.1 Å². The first-order valence-electron chi connectivity index (χ1n) is 4.92. The van der Waals surface area contributed by atoms with Crippen molar-refractivity contribution in [2.24, 2.45) is 0 Å². The zero-order chi connectivity index (χ0) is 11.5. The van der Waals surface area contributed by atoms with Crippen molar-refractivity contribution in [2.45, 2.75) is 12.5 Å². The second-order valence-corrected chi connectivity index (χ2v) is 4.41. The van der Waals surface area contributed by atoms with Gasteiger partial charge in [0.1, 0.15) is 0 Å². The van der Waals surface area contributed by atoms with Crippen molar-refractivity contribution in [3.05, 3.63) is 57.8 Å². The molecule has 0 amide bonds. The van der Waals surface area contributed by atoms with Crippen LogP contribution in [0.15, 0.2) is 36.5 Å². The van der Waals surface area contributed by atoms with Gasteiger partial charge in [-0.2, -0.15) is 0 Å². The van der Waals surface area contributed by atoms with Gasteiger partial charge in [0, 0.05) is 18.3 Å². The molecule has 2 aromatic rings. The highest BCUT2D eigenvalue weighted by Gasteiger charge is 2.09. The van der Waals surface area contributed by atoms with E-state index in [1.165, 1.54) is 0 Å². The third kappa shape index (κ3) is 2.59. The summed E-state index contributed by atoms with van der Waals surface area (Å²) >= 11 is 11.7. The Balaban J connectivity index is 2.12. The molecule has 84 valence electrons. The molecule has 0 bridgehead atoms. The predicted octanol–water partition coefficient (Wildman–Crippen LogP) is 3.60. The molecule has 0 saturated carbocycles. The number of aromatic nitrogens is 1. The summed E-state index contributed by atoms with van der Waals surface area (Å²) in [6, 6.07) is 9.08. The molecular formula is C12H11Cl2NO. The molecule has 1 heterocycles. The molecule has 2 rings (SSSR count). The topological polar surface area (TPSA) is 36.0 Å². The number of aliphatic hydroxyl groups excluding tert-OH is 1. The summed E-state index contributed by atoms with van der Waals surface area (Å²) in [6.07, 6.45) is 1.75. The Morgan fingerprint density at radius 3 is 2.62 bits per heavy atom.